The van der Waals surface area contributed by atoms with Gasteiger partial charge in [-0.15, -0.1) is 0 Å². The molecule has 0 saturated heterocycles. The molecule has 1 atom stereocenters. The predicted molar refractivity (Wildman–Crippen MR) is 177 cm³/mol. The van der Waals surface area contributed by atoms with Gasteiger partial charge >= 0.3 is 11.9 Å². The molecule has 0 radical (unpaired) electrons. The van der Waals surface area contributed by atoms with Crippen molar-refractivity contribution in [3.05, 3.63) is 12.2 Å². The van der Waals surface area contributed by atoms with E-state index in [2.05, 4.69) is 26.0 Å². The molecule has 0 aromatic carbocycles. The van der Waals surface area contributed by atoms with E-state index in [0.717, 1.165) is 44.9 Å². The molecule has 4 heteroatoms. The molecule has 0 aromatic rings. The summed E-state index contributed by atoms with van der Waals surface area (Å²) < 4.78 is 5.88. The van der Waals surface area contributed by atoms with Crippen LogP contribution in [0.2, 0.25) is 0 Å². The third kappa shape index (κ3) is 33.1. The zero-order valence-corrected chi connectivity index (χ0v) is 27.6. The Morgan fingerprint density at radius 3 is 1.34 bits per heavy atom. The fraction of sp³-hybridized carbons (Fsp3) is 0.892. The molecule has 0 amide bonds. The summed E-state index contributed by atoms with van der Waals surface area (Å²) in [5.41, 5.74) is 0. The number of carboxylic acid groups (broad SMARTS) is 1. The Morgan fingerprint density at radius 2 is 0.878 bits per heavy atom. The van der Waals surface area contributed by atoms with Crippen LogP contribution in [0.1, 0.15) is 206 Å². The molecule has 1 unspecified atom stereocenters. The SMILES string of the molecule is CCCCCCCC/C=C\CCCCCCCCCCCC(=O)OC(CCCCCCCC)CCCCCC(=O)O. The van der Waals surface area contributed by atoms with Gasteiger partial charge in [0.05, 0.1) is 0 Å². The maximum Gasteiger partial charge on any atom is 0.306 e. The molecule has 0 fully saturated rings. The van der Waals surface area contributed by atoms with Crippen LogP contribution < -0.4 is 0 Å². The van der Waals surface area contributed by atoms with Crippen LogP contribution in [0.4, 0.5) is 0 Å². The third-order valence-electron chi connectivity index (χ3n) is 8.24. The number of hydrogen-bond donors (Lipinski definition) is 1. The van der Waals surface area contributed by atoms with E-state index in [0.29, 0.717) is 12.8 Å². The van der Waals surface area contributed by atoms with Crippen molar-refractivity contribution >= 4 is 11.9 Å². The van der Waals surface area contributed by atoms with E-state index >= 15 is 0 Å². The number of allylic oxidation sites excluding steroid dienone is 2. The number of aliphatic carboxylic acids is 1. The number of esters is 1. The number of carbonyl (C=O) groups is 2. The van der Waals surface area contributed by atoms with Gasteiger partial charge in [-0.05, 0) is 64.2 Å². The summed E-state index contributed by atoms with van der Waals surface area (Å²) >= 11 is 0. The summed E-state index contributed by atoms with van der Waals surface area (Å²) in [6, 6.07) is 0. The fourth-order valence-electron chi connectivity index (χ4n) is 5.53. The van der Waals surface area contributed by atoms with Crippen molar-refractivity contribution in [3.8, 4) is 0 Å². The summed E-state index contributed by atoms with van der Waals surface area (Å²) in [6.07, 6.45) is 39.5. The largest absolute Gasteiger partial charge is 0.481 e. The van der Waals surface area contributed by atoms with Gasteiger partial charge in [0.25, 0.3) is 0 Å². The Kier molecular flexibility index (Phi) is 32.1. The number of unbranched alkanes of at least 4 members (excludes halogenated alkanes) is 22. The quantitative estimate of drug-likeness (QED) is 0.0478. The summed E-state index contributed by atoms with van der Waals surface area (Å²) in [7, 11) is 0. The highest BCUT2D eigenvalue weighted by Gasteiger charge is 2.14. The molecule has 0 saturated carbocycles. The van der Waals surface area contributed by atoms with Crippen LogP contribution in [0, 0.1) is 0 Å². The Labute approximate surface area is 255 Å². The number of carboxylic acids is 1. The number of ether oxygens (including phenoxy) is 1. The maximum absolute atomic E-state index is 12.5. The maximum atomic E-state index is 12.5. The summed E-state index contributed by atoms with van der Waals surface area (Å²) in [5.74, 6) is -0.759. The van der Waals surface area contributed by atoms with Gasteiger partial charge in [0.1, 0.15) is 6.10 Å². The molecule has 0 aliphatic rings. The van der Waals surface area contributed by atoms with Crippen molar-refractivity contribution in [2.24, 2.45) is 0 Å². The van der Waals surface area contributed by atoms with Crippen molar-refractivity contribution in [2.75, 3.05) is 0 Å². The van der Waals surface area contributed by atoms with Crippen LogP contribution >= 0.6 is 0 Å². The van der Waals surface area contributed by atoms with Gasteiger partial charge in [0, 0.05) is 12.8 Å². The van der Waals surface area contributed by atoms with Crippen molar-refractivity contribution in [2.45, 2.75) is 213 Å². The molecule has 0 spiro atoms. The van der Waals surface area contributed by atoms with Crippen LogP contribution in [0.3, 0.4) is 0 Å². The molecule has 0 aliphatic carbocycles. The topological polar surface area (TPSA) is 63.6 Å². The molecule has 41 heavy (non-hydrogen) atoms. The first kappa shape index (κ1) is 39.7. The molecule has 4 nitrogen and oxygen atoms in total. The lowest BCUT2D eigenvalue weighted by Gasteiger charge is -2.18. The average Bonchev–Trinajstić information content (AvgIpc) is 2.95. The van der Waals surface area contributed by atoms with Crippen molar-refractivity contribution in [1.29, 1.82) is 0 Å². The first-order valence-corrected chi connectivity index (χ1v) is 18.2. The first-order chi connectivity index (χ1) is 20.1. The summed E-state index contributed by atoms with van der Waals surface area (Å²) in [6.45, 7) is 4.51. The van der Waals surface area contributed by atoms with Crippen molar-refractivity contribution in [1.82, 2.24) is 0 Å². The van der Waals surface area contributed by atoms with Gasteiger partial charge in [-0.3, -0.25) is 9.59 Å². The van der Waals surface area contributed by atoms with Crippen LogP contribution in [0.5, 0.6) is 0 Å². The highest BCUT2D eigenvalue weighted by Crippen LogP contribution is 2.18. The second-order valence-corrected chi connectivity index (χ2v) is 12.4. The van der Waals surface area contributed by atoms with Gasteiger partial charge in [0.15, 0.2) is 0 Å². The second-order valence-electron chi connectivity index (χ2n) is 12.4. The lowest BCUT2D eigenvalue weighted by Crippen LogP contribution is -2.18. The third-order valence-corrected chi connectivity index (χ3v) is 8.24. The minimum atomic E-state index is -0.725. The van der Waals surface area contributed by atoms with E-state index in [9.17, 15) is 9.59 Å². The molecule has 0 heterocycles. The minimum absolute atomic E-state index is 0.00862. The number of rotatable bonds is 33. The molecule has 242 valence electrons. The highest BCUT2D eigenvalue weighted by atomic mass is 16.5. The van der Waals surface area contributed by atoms with Crippen molar-refractivity contribution < 1.29 is 19.4 Å². The number of carbonyl (C=O) groups excluding carboxylic acids is 1. The normalized spacial score (nSPS) is 12.2. The van der Waals surface area contributed by atoms with Crippen LogP contribution in [-0.4, -0.2) is 23.1 Å². The van der Waals surface area contributed by atoms with Crippen LogP contribution in [-0.2, 0) is 14.3 Å². The van der Waals surface area contributed by atoms with Gasteiger partial charge < -0.3 is 9.84 Å². The van der Waals surface area contributed by atoms with E-state index in [1.807, 2.05) is 0 Å². The van der Waals surface area contributed by atoms with Gasteiger partial charge in [-0.2, -0.15) is 0 Å². The zero-order chi connectivity index (χ0) is 30.1. The van der Waals surface area contributed by atoms with Gasteiger partial charge in [-0.25, -0.2) is 0 Å². The molecular formula is C37H70O4. The monoisotopic (exact) mass is 579 g/mol. The van der Waals surface area contributed by atoms with Gasteiger partial charge in [-0.1, -0.05) is 142 Å². The molecule has 0 bridgehead atoms. The Hall–Kier alpha value is -1.32. The average molecular weight is 579 g/mol. The lowest BCUT2D eigenvalue weighted by atomic mass is 10.0. The van der Waals surface area contributed by atoms with E-state index in [1.54, 1.807) is 0 Å². The lowest BCUT2D eigenvalue weighted by molar-refractivity contribution is -0.150. The zero-order valence-electron chi connectivity index (χ0n) is 27.6. The number of hydrogen-bond acceptors (Lipinski definition) is 3. The van der Waals surface area contributed by atoms with E-state index in [4.69, 9.17) is 9.84 Å². The van der Waals surface area contributed by atoms with E-state index in [-0.39, 0.29) is 18.5 Å². The van der Waals surface area contributed by atoms with Crippen molar-refractivity contribution in [3.63, 3.8) is 0 Å². The molecular weight excluding hydrogens is 508 g/mol. The molecule has 0 rings (SSSR count). The molecule has 1 N–H and O–H groups in total. The van der Waals surface area contributed by atoms with Crippen LogP contribution in [0.15, 0.2) is 12.2 Å². The smallest absolute Gasteiger partial charge is 0.306 e. The first-order valence-electron chi connectivity index (χ1n) is 18.2. The van der Waals surface area contributed by atoms with E-state index in [1.165, 1.54) is 128 Å². The molecule has 0 aliphatic heterocycles. The Balaban J connectivity index is 3.74. The second kappa shape index (κ2) is 33.2. The Bertz CT molecular complexity index is 585. The highest BCUT2D eigenvalue weighted by molar-refractivity contribution is 5.69. The summed E-state index contributed by atoms with van der Waals surface area (Å²) in [4.78, 5) is 23.2. The van der Waals surface area contributed by atoms with E-state index < -0.39 is 5.97 Å². The molecule has 0 aromatic heterocycles. The van der Waals surface area contributed by atoms with Gasteiger partial charge in [0.2, 0.25) is 0 Å². The fourth-order valence-corrected chi connectivity index (χ4v) is 5.53. The van der Waals surface area contributed by atoms with Crippen LogP contribution in [0.25, 0.3) is 0 Å². The summed E-state index contributed by atoms with van der Waals surface area (Å²) in [5, 5.41) is 8.83. The minimum Gasteiger partial charge on any atom is -0.481 e. The standard InChI is InChI=1S/C37H70O4/c1-3-5-7-9-11-12-13-14-15-16-17-18-19-20-21-22-23-25-30-34-37(40)41-35(31-27-24-10-8-6-4-2)32-28-26-29-33-36(38)39/h14-15,35H,3-13,16-34H2,1-2H3,(H,38,39)/b15-14-. The Morgan fingerprint density at radius 1 is 0.512 bits per heavy atom. The predicted octanol–water partition coefficient (Wildman–Crippen LogP) is 12.3.